The maximum absolute atomic E-state index is 12.8. The number of sulfonamides is 1. The number of nitrogens with one attached hydrogen (secondary N) is 2. The summed E-state index contributed by atoms with van der Waals surface area (Å²) in [6.45, 7) is 3.37. The molecule has 0 saturated carbocycles. The second kappa shape index (κ2) is 6.21. The highest BCUT2D eigenvalue weighted by Crippen LogP contribution is 2.25. The van der Waals surface area contributed by atoms with Crippen LogP contribution >= 0.6 is 0 Å². The highest BCUT2D eigenvalue weighted by atomic mass is 32.2. The molecule has 0 amide bonds. The van der Waals surface area contributed by atoms with Crippen molar-refractivity contribution in [2.75, 3.05) is 27.3 Å². The molecule has 0 unspecified atom stereocenters. The maximum Gasteiger partial charge on any atom is 0.246 e. The van der Waals surface area contributed by atoms with Crippen LogP contribution in [0.1, 0.15) is 24.2 Å². The molecule has 1 aliphatic heterocycles. The first kappa shape index (κ1) is 15.4. The average molecular weight is 302 g/mol. The third kappa shape index (κ3) is 2.88. The van der Waals surface area contributed by atoms with E-state index in [0.717, 1.165) is 12.8 Å². The van der Waals surface area contributed by atoms with Gasteiger partial charge in [0.1, 0.15) is 4.90 Å². The minimum Gasteiger partial charge on any atom is -0.381 e. The Kier molecular flexibility index (Phi) is 4.79. The molecule has 2 heterocycles. The van der Waals surface area contributed by atoms with E-state index in [1.807, 2.05) is 0 Å². The minimum absolute atomic E-state index is 0.00881. The van der Waals surface area contributed by atoms with Crippen LogP contribution in [0.3, 0.4) is 0 Å². The van der Waals surface area contributed by atoms with Gasteiger partial charge in [-0.3, -0.25) is 5.10 Å². The zero-order valence-electron chi connectivity index (χ0n) is 12.1. The summed E-state index contributed by atoms with van der Waals surface area (Å²) < 4.78 is 32.4. The van der Waals surface area contributed by atoms with E-state index in [2.05, 4.69) is 15.5 Å². The Morgan fingerprint density at radius 1 is 1.45 bits per heavy atom. The molecule has 2 rings (SSSR count). The smallest absolute Gasteiger partial charge is 0.246 e. The van der Waals surface area contributed by atoms with E-state index in [9.17, 15) is 8.42 Å². The second-order valence-electron chi connectivity index (χ2n) is 5.02. The van der Waals surface area contributed by atoms with Crippen LogP contribution in [0, 0.1) is 6.92 Å². The molecule has 0 atom stereocenters. The first-order valence-electron chi connectivity index (χ1n) is 6.72. The molecule has 20 heavy (non-hydrogen) atoms. The Hall–Kier alpha value is -0.960. The van der Waals surface area contributed by atoms with Crippen LogP contribution < -0.4 is 5.32 Å². The number of hydrogen-bond acceptors (Lipinski definition) is 5. The molecule has 0 aromatic carbocycles. The lowest BCUT2D eigenvalue weighted by molar-refractivity contribution is 0.0632. The van der Waals surface area contributed by atoms with Gasteiger partial charge in [0.05, 0.1) is 11.4 Å². The maximum atomic E-state index is 12.8. The molecule has 0 aliphatic carbocycles. The zero-order valence-corrected chi connectivity index (χ0v) is 13.0. The Bertz CT molecular complexity index is 549. The van der Waals surface area contributed by atoms with Crippen molar-refractivity contribution in [2.24, 2.45) is 0 Å². The number of H-pyrrole nitrogens is 1. The molecule has 8 heteroatoms. The molecule has 2 N–H and O–H groups in total. The Labute approximate surface area is 119 Å². The average Bonchev–Trinajstić information content (AvgIpc) is 2.81. The van der Waals surface area contributed by atoms with Crippen molar-refractivity contribution in [1.29, 1.82) is 0 Å². The van der Waals surface area contributed by atoms with Gasteiger partial charge in [0.2, 0.25) is 10.0 Å². The van der Waals surface area contributed by atoms with Crippen molar-refractivity contribution < 1.29 is 13.2 Å². The lowest BCUT2D eigenvalue weighted by atomic mass is 10.1. The summed E-state index contributed by atoms with van der Waals surface area (Å²) in [5.41, 5.74) is 1.11. The number of hydrogen-bond donors (Lipinski definition) is 2. The van der Waals surface area contributed by atoms with Crippen LogP contribution in [0.25, 0.3) is 0 Å². The fourth-order valence-corrected chi connectivity index (χ4v) is 4.23. The molecule has 114 valence electrons. The second-order valence-corrected chi connectivity index (χ2v) is 6.95. The highest BCUT2D eigenvalue weighted by Gasteiger charge is 2.33. The Morgan fingerprint density at radius 3 is 2.70 bits per heavy atom. The van der Waals surface area contributed by atoms with Crippen molar-refractivity contribution in [2.45, 2.75) is 37.2 Å². The van der Waals surface area contributed by atoms with Gasteiger partial charge in [-0.2, -0.15) is 9.40 Å². The summed E-state index contributed by atoms with van der Waals surface area (Å²) in [5.74, 6) is 0. The molecule has 7 nitrogen and oxygen atoms in total. The van der Waals surface area contributed by atoms with Gasteiger partial charge in [-0.05, 0) is 26.8 Å². The quantitative estimate of drug-likeness (QED) is 0.813. The van der Waals surface area contributed by atoms with Crippen molar-refractivity contribution >= 4 is 10.0 Å². The number of nitrogens with zero attached hydrogens (tertiary/aromatic N) is 2. The van der Waals surface area contributed by atoms with Crippen LogP contribution in [0.15, 0.2) is 4.90 Å². The van der Waals surface area contributed by atoms with Gasteiger partial charge in [0, 0.05) is 32.8 Å². The van der Waals surface area contributed by atoms with E-state index in [4.69, 9.17) is 4.74 Å². The molecule has 1 fully saturated rings. The SMILES string of the molecule is CNCc1n[nH]c(C)c1S(=O)(=O)N(C)C1CCOCC1. The molecule has 1 aromatic heterocycles. The first-order chi connectivity index (χ1) is 9.48. The predicted octanol–water partition coefficient (Wildman–Crippen LogP) is 0.237. The lowest BCUT2D eigenvalue weighted by Gasteiger charge is -2.30. The summed E-state index contributed by atoms with van der Waals surface area (Å²) in [6, 6.07) is -0.00881. The van der Waals surface area contributed by atoms with Gasteiger partial charge in [-0.25, -0.2) is 8.42 Å². The van der Waals surface area contributed by atoms with E-state index >= 15 is 0 Å². The van der Waals surface area contributed by atoms with E-state index in [0.29, 0.717) is 36.0 Å². The van der Waals surface area contributed by atoms with Gasteiger partial charge in [0.25, 0.3) is 0 Å². The van der Waals surface area contributed by atoms with Gasteiger partial charge >= 0.3 is 0 Å². The van der Waals surface area contributed by atoms with Crippen molar-refractivity contribution in [3.8, 4) is 0 Å². The third-order valence-corrected chi connectivity index (χ3v) is 5.76. The lowest BCUT2D eigenvalue weighted by Crippen LogP contribution is -2.41. The molecule has 1 saturated heterocycles. The zero-order chi connectivity index (χ0) is 14.8. The molecule has 0 radical (unpaired) electrons. The number of rotatable bonds is 5. The fourth-order valence-electron chi connectivity index (χ4n) is 2.49. The molecule has 1 aromatic rings. The Balaban J connectivity index is 2.31. The van der Waals surface area contributed by atoms with E-state index in [1.54, 1.807) is 21.0 Å². The van der Waals surface area contributed by atoms with Crippen LogP contribution in [-0.2, 0) is 21.3 Å². The summed E-state index contributed by atoms with van der Waals surface area (Å²) in [4.78, 5) is 0.292. The van der Waals surface area contributed by atoms with Crippen LogP contribution in [0.4, 0.5) is 0 Å². The van der Waals surface area contributed by atoms with Crippen LogP contribution in [-0.4, -0.2) is 56.3 Å². The fraction of sp³-hybridized carbons (Fsp3) is 0.750. The summed E-state index contributed by atoms with van der Waals surface area (Å²) in [6.07, 6.45) is 1.46. The van der Waals surface area contributed by atoms with Crippen molar-refractivity contribution in [3.05, 3.63) is 11.4 Å². The normalized spacial score (nSPS) is 17.8. The van der Waals surface area contributed by atoms with Gasteiger partial charge in [0.15, 0.2) is 0 Å². The van der Waals surface area contributed by atoms with Crippen molar-refractivity contribution in [1.82, 2.24) is 19.8 Å². The van der Waals surface area contributed by atoms with Crippen LogP contribution in [0.2, 0.25) is 0 Å². The van der Waals surface area contributed by atoms with E-state index in [1.165, 1.54) is 4.31 Å². The van der Waals surface area contributed by atoms with Gasteiger partial charge < -0.3 is 10.1 Å². The molecule has 0 spiro atoms. The number of aromatic amines is 1. The predicted molar refractivity (Wildman–Crippen MR) is 74.9 cm³/mol. The summed E-state index contributed by atoms with van der Waals surface area (Å²) in [5, 5.41) is 9.79. The first-order valence-corrected chi connectivity index (χ1v) is 8.16. The molecular formula is C12H22N4O3S. The molecular weight excluding hydrogens is 280 g/mol. The van der Waals surface area contributed by atoms with E-state index in [-0.39, 0.29) is 6.04 Å². The molecule has 0 bridgehead atoms. The summed E-state index contributed by atoms with van der Waals surface area (Å²) >= 11 is 0. The highest BCUT2D eigenvalue weighted by molar-refractivity contribution is 7.89. The number of aromatic nitrogens is 2. The molecule has 1 aliphatic rings. The minimum atomic E-state index is -3.53. The monoisotopic (exact) mass is 302 g/mol. The number of aryl methyl sites for hydroxylation is 1. The topological polar surface area (TPSA) is 87.3 Å². The largest absolute Gasteiger partial charge is 0.381 e. The Morgan fingerprint density at radius 2 is 2.10 bits per heavy atom. The summed E-state index contributed by atoms with van der Waals surface area (Å²) in [7, 11) is -0.129. The third-order valence-electron chi connectivity index (χ3n) is 3.65. The van der Waals surface area contributed by atoms with Gasteiger partial charge in [-0.1, -0.05) is 0 Å². The van der Waals surface area contributed by atoms with Gasteiger partial charge in [-0.15, -0.1) is 0 Å². The van der Waals surface area contributed by atoms with Crippen molar-refractivity contribution in [3.63, 3.8) is 0 Å². The van der Waals surface area contributed by atoms with Crippen LogP contribution in [0.5, 0.6) is 0 Å². The standard InChI is InChI=1S/C12H22N4O3S/c1-9-12(11(8-13-2)15-14-9)20(17,18)16(3)10-4-6-19-7-5-10/h10,13H,4-8H2,1-3H3,(H,14,15). The van der Waals surface area contributed by atoms with E-state index < -0.39 is 10.0 Å². The number of ether oxygens (including phenoxy) is 1.